The highest BCUT2D eigenvalue weighted by Gasteiger charge is 2.38. The van der Waals surface area contributed by atoms with E-state index in [-0.39, 0.29) is 0 Å². The summed E-state index contributed by atoms with van der Waals surface area (Å²) in [6, 6.07) is -1.90. The zero-order valence-corrected chi connectivity index (χ0v) is 12.4. The van der Waals surface area contributed by atoms with Crippen molar-refractivity contribution in [2.45, 2.75) is 12.1 Å². The monoisotopic (exact) mass is 346 g/mol. The van der Waals surface area contributed by atoms with E-state index in [9.17, 15) is 27.6 Å². The Morgan fingerprint density at radius 3 is 1.43 bits per heavy atom. The number of amides is 2. The van der Waals surface area contributed by atoms with Gasteiger partial charge in [-0.2, -0.15) is 0 Å². The highest BCUT2D eigenvalue weighted by Crippen LogP contribution is 2.13. The lowest BCUT2D eigenvalue weighted by atomic mass is 10.1. The third kappa shape index (κ3) is 6.74. The van der Waals surface area contributed by atoms with Gasteiger partial charge in [0.05, 0.1) is 23.6 Å². The number of carboxylic acids is 2. The Hall–Kier alpha value is -2.69. The van der Waals surface area contributed by atoms with Crippen LogP contribution in [-0.2, 0) is 29.0 Å². The summed E-state index contributed by atoms with van der Waals surface area (Å²) in [6.07, 6.45) is 2.61. The number of carbonyl (C=O) groups excluding carboxylic acids is 2. The molecule has 1 aliphatic heterocycles. The normalized spacial score (nSPS) is 23.0. The van der Waals surface area contributed by atoms with E-state index in [0.717, 1.165) is 12.2 Å². The molecule has 0 bridgehead atoms. The van der Waals surface area contributed by atoms with E-state index in [0.29, 0.717) is 12.2 Å². The highest BCUT2D eigenvalue weighted by atomic mass is 32.2. The summed E-state index contributed by atoms with van der Waals surface area (Å²) in [6.45, 7) is 0. The van der Waals surface area contributed by atoms with E-state index >= 15 is 0 Å². The lowest BCUT2D eigenvalue weighted by Crippen LogP contribution is -2.50. The molecule has 0 aliphatic carbocycles. The fraction of sp³-hybridized carbons (Fsp3) is 0.333. The Kier molecular flexibility index (Phi) is 6.02. The summed E-state index contributed by atoms with van der Waals surface area (Å²) in [5.41, 5.74) is 0. The fourth-order valence-corrected chi connectivity index (χ4v) is 3.75. The average Bonchev–Trinajstić information content (AvgIpc) is 2.68. The molecule has 0 aromatic carbocycles. The van der Waals surface area contributed by atoms with Gasteiger partial charge in [0.1, 0.15) is 0 Å². The van der Waals surface area contributed by atoms with Crippen molar-refractivity contribution in [3.8, 4) is 0 Å². The Morgan fingerprint density at radius 1 is 0.783 bits per heavy atom. The molecule has 1 fully saturated rings. The third-order valence-corrected chi connectivity index (χ3v) is 4.50. The number of carboxylic acid groups (broad SMARTS) is 2. The van der Waals surface area contributed by atoms with E-state index in [1.165, 1.54) is 0 Å². The van der Waals surface area contributed by atoms with Crippen LogP contribution in [0.4, 0.5) is 0 Å². The Morgan fingerprint density at radius 2 is 1.13 bits per heavy atom. The summed E-state index contributed by atoms with van der Waals surface area (Å²) in [5, 5.41) is 21.4. The van der Waals surface area contributed by atoms with Crippen molar-refractivity contribution in [3.05, 3.63) is 24.3 Å². The molecule has 1 rings (SSSR count). The van der Waals surface area contributed by atoms with E-state index in [4.69, 9.17) is 10.2 Å². The first-order valence-electron chi connectivity index (χ1n) is 6.22. The van der Waals surface area contributed by atoms with Crippen LogP contribution in [0.2, 0.25) is 0 Å². The number of nitrogens with one attached hydrogen (secondary N) is 2. The summed E-state index contributed by atoms with van der Waals surface area (Å²) >= 11 is 0. The number of aliphatic carboxylic acids is 2. The van der Waals surface area contributed by atoms with Crippen LogP contribution in [0.3, 0.4) is 0 Å². The SMILES string of the molecule is O=C(O)/C=C/C(=O)NC1CS(=O)(=O)CC1NC(=O)/C=C/C(=O)O. The van der Waals surface area contributed by atoms with Gasteiger partial charge in [-0.05, 0) is 0 Å². The first kappa shape index (κ1) is 18.4. The predicted octanol–water partition coefficient (Wildman–Crippen LogP) is -2.33. The van der Waals surface area contributed by atoms with Gasteiger partial charge in [-0.25, -0.2) is 18.0 Å². The molecule has 11 heteroatoms. The molecule has 10 nitrogen and oxygen atoms in total. The molecular weight excluding hydrogens is 332 g/mol. The molecular formula is C12H14N2O8S. The maximum absolute atomic E-state index is 11.6. The van der Waals surface area contributed by atoms with Crippen molar-refractivity contribution >= 4 is 33.6 Å². The van der Waals surface area contributed by atoms with Crippen molar-refractivity contribution in [3.63, 3.8) is 0 Å². The number of hydrogen-bond donors (Lipinski definition) is 4. The van der Waals surface area contributed by atoms with Crippen LogP contribution in [0, 0.1) is 0 Å². The highest BCUT2D eigenvalue weighted by molar-refractivity contribution is 7.91. The molecule has 1 aliphatic rings. The first-order chi connectivity index (χ1) is 10.6. The lowest BCUT2D eigenvalue weighted by molar-refractivity contribution is -0.132. The predicted molar refractivity (Wildman–Crippen MR) is 76.1 cm³/mol. The van der Waals surface area contributed by atoms with Gasteiger partial charge in [-0.3, -0.25) is 9.59 Å². The molecule has 0 radical (unpaired) electrons. The van der Waals surface area contributed by atoms with Crippen molar-refractivity contribution in [1.29, 1.82) is 0 Å². The second kappa shape index (κ2) is 7.54. The molecule has 0 aromatic rings. The van der Waals surface area contributed by atoms with Crippen molar-refractivity contribution in [2.24, 2.45) is 0 Å². The van der Waals surface area contributed by atoms with Crippen LogP contribution >= 0.6 is 0 Å². The van der Waals surface area contributed by atoms with Crippen LogP contribution in [0.5, 0.6) is 0 Å². The standard InChI is InChI=1S/C12H14N2O8S/c15-9(1-3-11(17)18)13-7-5-23(21,22)6-8(7)14-10(16)2-4-12(19)20/h1-4,7-8H,5-6H2,(H,13,15)(H,14,16)(H,17,18)(H,19,20)/b3-1+,4-2+. The van der Waals surface area contributed by atoms with Crippen molar-refractivity contribution in [1.82, 2.24) is 10.6 Å². The van der Waals surface area contributed by atoms with Gasteiger partial charge in [0.25, 0.3) is 0 Å². The van der Waals surface area contributed by atoms with Gasteiger partial charge in [0.15, 0.2) is 9.84 Å². The first-order valence-corrected chi connectivity index (χ1v) is 8.04. The molecule has 0 saturated carbocycles. The quantitative estimate of drug-likeness (QED) is 0.388. The molecule has 4 N–H and O–H groups in total. The largest absolute Gasteiger partial charge is 0.478 e. The minimum Gasteiger partial charge on any atom is -0.478 e. The summed E-state index contributed by atoms with van der Waals surface area (Å²) < 4.78 is 23.2. The minimum absolute atomic E-state index is 0.423. The third-order valence-electron chi connectivity index (χ3n) is 2.76. The van der Waals surface area contributed by atoms with Gasteiger partial charge in [-0.15, -0.1) is 0 Å². The van der Waals surface area contributed by atoms with Crippen LogP contribution in [0.1, 0.15) is 0 Å². The van der Waals surface area contributed by atoms with Crippen LogP contribution in [0.15, 0.2) is 24.3 Å². The summed E-state index contributed by atoms with van der Waals surface area (Å²) in [5.74, 6) is -5.18. The zero-order chi connectivity index (χ0) is 17.6. The van der Waals surface area contributed by atoms with Gasteiger partial charge in [0.2, 0.25) is 11.8 Å². The minimum atomic E-state index is -3.51. The van der Waals surface area contributed by atoms with E-state index in [1.54, 1.807) is 0 Å². The van der Waals surface area contributed by atoms with Crippen LogP contribution in [-0.4, -0.2) is 66.0 Å². The Balaban J connectivity index is 2.75. The van der Waals surface area contributed by atoms with Crippen molar-refractivity contribution in [2.75, 3.05) is 11.5 Å². The topological polar surface area (TPSA) is 167 Å². The van der Waals surface area contributed by atoms with Gasteiger partial charge < -0.3 is 20.8 Å². The lowest BCUT2D eigenvalue weighted by Gasteiger charge is -2.19. The Bertz CT molecular complexity index is 627. The molecule has 23 heavy (non-hydrogen) atoms. The van der Waals surface area contributed by atoms with Gasteiger partial charge >= 0.3 is 11.9 Å². The summed E-state index contributed by atoms with van der Waals surface area (Å²) in [4.78, 5) is 43.6. The second-order valence-corrected chi connectivity index (χ2v) is 6.80. The summed E-state index contributed by atoms with van der Waals surface area (Å²) in [7, 11) is -3.51. The van der Waals surface area contributed by atoms with Crippen LogP contribution < -0.4 is 10.6 Å². The molecule has 0 spiro atoms. The molecule has 1 saturated heterocycles. The average molecular weight is 346 g/mol. The Labute approximate surface area is 130 Å². The maximum atomic E-state index is 11.6. The molecule has 2 atom stereocenters. The van der Waals surface area contributed by atoms with Crippen LogP contribution in [0.25, 0.3) is 0 Å². The molecule has 126 valence electrons. The van der Waals surface area contributed by atoms with E-state index in [2.05, 4.69) is 10.6 Å². The molecule has 1 heterocycles. The second-order valence-electron chi connectivity index (χ2n) is 4.65. The molecule has 2 amide bonds. The number of rotatable bonds is 6. The number of hydrogen-bond acceptors (Lipinski definition) is 6. The molecule has 2 unspecified atom stereocenters. The smallest absolute Gasteiger partial charge is 0.328 e. The van der Waals surface area contributed by atoms with E-state index in [1.807, 2.05) is 0 Å². The number of sulfone groups is 1. The van der Waals surface area contributed by atoms with Gasteiger partial charge in [0, 0.05) is 24.3 Å². The maximum Gasteiger partial charge on any atom is 0.328 e. The van der Waals surface area contributed by atoms with Crippen molar-refractivity contribution < 1.29 is 37.8 Å². The molecule has 0 aromatic heterocycles. The fourth-order valence-electron chi connectivity index (χ4n) is 1.89. The van der Waals surface area contributed by atoms with E-state index < -0.39 is 57.2 Å². The number of carbonyl (C=O) groups is 4. The zero-order valence-electron chi connectivity index (χ0n) is 11.6. The van der Waals surface area contributed by atoms with Gasteiger partial charge in [-0.1, -0.05) is 0 Å².